The third-order valence-corrected chi connectivity index (χ3v) is 1.37. The van der Waals surface area contributed by atoms with Crippen LogP contribution in [-0.2, 0) is 4.74 Å². The fourth-order valence-electron chi connectivity index (χ4n) is 0.809. The number of ether oxygens (including phenoxy) is 1. The first-order valence-corrected chi connectivity index (χ1v) is 3.28. The molecule has 0 fully saturated rings. The number of rotatable bonds is 1. The number of nitriles is 1. The monoisotopic (exact) mass is 160 g/mol. The van der Waals surface area contributed by atoms with Gasteiger partial charge in [-0.15, -0.1) is 0 Å². The SMILES string of the molecule is COC(=O)c1ccc[c]c1C#N. The Balaban J connectivity index is 3.16. The van der Waals surface area contributed by atoms with Crippen LogP contribution in [0.1, 0.15) is 15.9 Å². The summed E-state index contributed by atoms with van der Waals surface area (Å²) in [5, 5.41) is 8.57. The predicted molar refractivity (Wildman–Crippen MR) is 41.3 cm³/mol. The highest BCUT2D eigenvalue weighted by Gasteiger charge is 2.09. The Morgan fingerprint density at radius 2 is 2.50 bits per heavy atom. The molecule has 0 spiro atoms. The second kappa shape index (κ2) is 3.54. The van der Waals surface area contributed by atoms with E-state index < -0.39 is 5.97 Å². The zero-order chi connectivity index (χ0) is 8.97. The van der Waals surface area contributed by atoms with E-state index in [9.17, 15) is 4.79 Å². The topological polar surface area (TPSA) is 50.1 Å². The molecule has 12 heavy (non-hydrogen) atoms. The maximum Gasteiger partial charge on any atom is 0.339 e. The molecule has 1 radical (unpaired) electrons. The second-order valence-electron chi connectivity index (χ2n) is 2.06. The van der Waals surface area contributed by atoms with Crippen molar-refractivity contribution in [3.8, 4) is 6.07 Å². The molecule has 0 bridgehead atoms. The van der Waals surface area contributed by atoms with Crippen molar-refractivity contribution in [3.05, 3.63) is 35.4 Å². The van der Waals surface area contributed by atoms with Crippen molar-refractivity contribution >= 4 is 5.97 Å². The molecule has 0 aliphatic rings. The van der Waals surface area contributed by atoms with Gasteiger partial charge in [-0.25, -0.2) is 4.79 Å². The molecule has 0 aliphatic heterocycles. The maximum atomic E-state index is 11.0. The van der Waals surface area contributed by atoms with Crippen LogP contribution in [0.15, 0.2) is 18.2 Å². The van der Waals surface area contributed by atoms with Gasteiger partial charge in [-0.2, -0.15) is 5.26 Å². The lowest BCUT2D eigenvalue weighted by Gasteiger charge is -1.98. The first-order chi connectivity index (χ1) is 5.79. The molecule has 3 heteroatoms. The fraction of sp³-hybridized carbons (Fsp3) is 0.111. The molecule has 1 aromatic rings. The number of methoxy groups -OCH3 is 1. The molecule has 0 unspecified atom stereocenters. The molecule has 0 N–H and O–H groups in total. The Labute approximate surface area is 70.2 Å². The number of nitrogens with zero attached hydrogens (tertiary/aromatic N) is 1. The minimum absolute atomic E-state index is 0.212. The Hall–Kier alpha value is -1.82. The van der Waals surface area contributed by atoms with E-state index in [0.29, 0.717) is 0 Å². The zero-order valence-electron chi connectivity index (χ0n) is 6.50. The smallest absolute Gasteiger partial charge is 0.339 e. The van der Waals surface area contributed by atoms with Gasteiger partial charge in [0.1, 0.15) is 6.07 Å². The van der Waals surface area contributed by atoms with Crippen LogP contribution in [0.4, 0.5) is 0 Å². The summed E-state index contributed by atoms with van der Waals surface area (Å²) in [7, 11) is 1.27. The number of benzene rings is 1. The lowest BCUT2D eigenvalue weighted by atomic mass is 10.1. The molecular formula is C9H6NO2. The van der Waals surface area contributed by atoms with Gasteiger partial charge in [0.15, 0.2) is 0 Å². The molecule has 0 heterocycles. The van der Waals surface area contributed by atoms with E-state index >= 15 is 0 Å². The van der Waals surface area contributed by atoms with Gasteiger partial charge in [0.05, 0.1) is 18.2 Å². The van der Waals surface area contributed by atoms with Gasteiger partial charge in [-0.05, 0) is 6.07 Å². The molecule has 0 aliphatic carbocycles. The van der Waals surface area contributed by atoms with Crippen molar-refractivity contribution in [1.29, 1.82) is 5.26 Å². The van der Waals surface area contributed by atoms with E-state index in [4.69, 9.17) is 5.26 Å². The number of hydrogen-bond donors (Lipinski definition) is 0. The lowest BCUT2D eigenvalue weighted by molar-refractivity contribution is 0.0600. The molecule has 1 aromatic carbocycles. The summed E-state index contributed by atoms with van der Waals surface area (Å²) in [6.07, 6.45) is 0. The van der Waals surface area contributed by atoms with E-state index in [1.807, 2.05) is 6.07 Å². The molecule has 0 amide bonds. The molecular weight excluding hydrogens is 154 g/mol. The molecule has 0 aromatic heterocycles. The summed E-state index contributed by atoms with van der Waals surface area (Å²) in [4.78, 5) is 11.0. The van der Waals surface area contributed by atoms with Crippen LogP contribution in [0.2, 0.25) is 0 Å². The number of carbonyl (C=O) groups is 1. The maximum absolute atomic E-state index is 11.0. The summed E-state index contributed by atoms with van der Waals surface area (Å²) in [5.74, 6) is -0.511. The molecule has 0 saturated carbocycles. The zero-order valence-corrected chi connectivity index (χ0v) is 6.50. The normalized spacial score (nSPS) is 8.67. The van der Waals surface area contributed by atoms with Gasteiger partial charge in [-0.1, -0.05) is 12.1 Å². The van der Waals surface area contributed by atoms with Crippen LogP contribution in [-0.4, -0.2) is 13.1 Å². The van der Waals surface area contributed by atoms with Crippen LogP contribution >= 0.6 is 0 Å². The number of esters is 1. The van der Waals surface area contributed by atoms with E-state index in [1.165, 1.54) is 13.2 Å². The molecule has 59 valence electrons. The first-order valence-electron chi connectivity index (χ1n) is 3.28. The van der Waals surface area contributed by atoms with Crippen molar-refractivity contribution < 1.29 is 9.53 Å². The van der Waals surface area contributed by atoms with Crippen LogP contribution in [0, 0.1) is 17.4 Å². The van der Waals surface area contributed by atoms with Gasteiger partial charge in [0, 0.05) is 6.07 Å². The van der Waals surface area contributed by atoms with Crippen molar-refractivity contribution in [3.63, 3.8) is 0 Å². The number of hydrogen-bond acceptors (Lipinski definition) is 3. The van der Waals surface area contributed by atoms with Crippen molar-refractivity contribution in [1.82, 2.24) is 0 Å². The van der Waals surface area contributed by atoms with E-state index in [2.05, 4.69) is 10.8 Å². The number of carbonyl (C=O) groups excluding carboxylic acids is 1. The van der Waals surface area contributed by atoms with Gasteiger partial charge in [0.25, 0.3) is 0 Å². The summed E-state index contributed by atoms with van der Waals surface area (Å²) < 4.78 is 4.47. The van der Waals surface area contributed by atoms with Crippen molar-refractivity contribution in [2.45, 2.75) is 0 Å². The Morgan fingerprint density at radius 3 is 3.08 bits per heavy atom. The lowest BCUT2D eigenvalue weighted by Crippen LogP contribution is -2.03. The van der Waals surface area contributed by atoms with Crippen LogP contribution in [0.25, 0.3) is 0 Å². The second-order valence-corrected chi connectivity index (χ2v) is 2.06. The van der Waals surface area contributed by atoms with E-state index in [-0.39, 0.29) is 11.1 Å². The highest BCUT2D eigenvalue weighted by Crippen LogP contribution is 2.07. The van der Waals surface area contributed by atoms with E-state index in [0.717, 1.165) is 0 Å². The Bertz CT molecular complexity index is 339. The average molecular weight is 160 g/mol. The standard InChI is InChI=1S/C9H6NO2/c1-12-9(11)8-5-3-2-4-7(8)6-10/h2-3,5H,1H3. The Kier molecular flexibility index (Phi) is 2.44. The first kappa shape index (κ1) is 8.28. The third-order valence-electron chi connectivity index (χ3n) is 1.37. The van der Waals surface area contributed by atoms with Gasteiger partial charge >= 0.3 is 5.97 Å². The molecule has 0 saturated heterocycles. The van der Waals surface area contributed by atoms with Crippen LogP contribution in [0.3, 0.4) is 0 Å². The van der Waals surface area contributed by atoms with Crippen molar-refractivity contribution in [2.75, 3.05) is 7.11 Å². The highest BCUT2D eigenvalue weighted by atomic mass is 16.5. The quantitative estimate of drug-likeness (QED) is 0.579. The van der Waals surface area contributed by atoms with E-state index in [1.54, 1.807) is 12.1 Å². The largest absolute Gasteiger partial charge is 0.465 e. The minimum Gasteiger partial charge on any atom is -0.465 e. The average Bonchev–Trinajstić information content (AvgIpc) is 2.16. The third kappa shape index (κ3) is 1.43. The van der Waals surface area contributed by atoms with Crippen LogP contribution in [0.5, 0.6) is 0 Å². The summed E-state index contributed by atoms with van der Waals surface area (Å²) >= 11 is 0. The summed E-state index contributed by atoms with van der Waals surface area (Å²) in [6, 6.07) is 9.23. The van der Waals surface area contributed by atoms with Crippen LogP contribution < -0.4 is 0 Å². The fourth-order valence-corrected chi connectivity index (χ4v) is 0.809. The summed E-state index contributed by atoms with van der Waals surface area (Å²) in [6.45, 7) is 0. The highest BCUT2D eigenvalue weighted by molar-refractivity contribution is 5.91. The molecule has 0 atom stereocenters. The van der Waals surface area contributed by atoms with Gasteiger partial charge in [0.2, 0.25) is 0 Å². The summed E-state index contributed by atoms with van der Waals surface area (Å²) in [5.41, 5.74) is 0.465. The predicted octanol–water partition coefficient (Wildman–Crippen LogP) is 1.15. The van der Waals surface area contributed by atoms with Gasteiger partial charge in [-0.3, -0.25) is 0 Å². The van der Waals surface area contributed by atoms with Crippen molar-refractivity contribution in [2.24, 2.45) is 0 Å². The Morgan fingerprint density at radius 1 is 1.75 bits per heavy atom. The molecule has 1 rings (SSSR count). The molecule has 3 nitrogen and oxygen atoms in total. The minimum atomic E-state index is -0.511. The van der Waals surface area contributed by atoms with Gasteiger partial charge < -0.3 is 4.74 Å².